The van der Waals surface area contributed by atoms with E-state index in [0.29, 0.717) is 62.7 Å². The van der Waals surface area contributed by atoms with Crippen LogP contribution in [-0.2, 0) is 14.3 Å². The number of amides is 3. The van der Waals surface area contributed by atoms with Gasteiger partial charge in [0.1, 0.15) is 17.4 Å². The van der Waals surface area contributed by atoms with Gasteiger partial charge in [0.05, 0.1) is 19.1 Å². The van der Waals surface area contributed by atoms with E-state index < -0.39 is 11.5 Å². The summed E-state index contributed by atoms with van der Waals surface area (Å²) >= 11 is 0. The first-order valence-corrected chi connectivity index (χ1v) is 12.8. The Morgan fingerprint density at radius 3 is 2.58 bits per heavy atom. The number of piperidine rings is 1. The van der Waals surface area contributed by atoms with Crippen LogP contribution in [0.15, 0.2) is 22.6 Å². The highest BCUT2D eigenvalue weighted by atomic mass is 16.5. The lowest BCUT2D eigenvalue weighted by Crippen LogP contribution is -2.55. The number of likely N-dealkylation sites (tertiary alicyclic amines) is 1. The first-order valence-electron chi connectivity index (χ1n) is 12.8. The van der Waals surface area contributed by atoms with Crippen molar-refractivity contribution in [2.24, 2.45) is 5.41 Å². The molecule has 4 rings (SSSR count). The minimum Gasteiger partial charge on any atom is -0.497 e. The molecule has 2 atom stereocenters. The Balaban J connectivity index is 1.48. The quantitative estimate of drug-likeness (QED) is 0.657. The molecule has 2 aliphatic heterocycles. The smallest absolute Gasteiger partial charge is 0.289 e. The van der Waals surface area contributed by atoms with Crippen LogP contribution in [-0.4, -0.2) is 68.1 Å². The van der Waals surface area contributed by atoms with Crippen molar-refractivity contribution in [2.75, 3.05) is 33.4 Å². The third-order valence-corrected chi connectivity index (χ3v) is 7.52. The Bertz CT molecular complexity index is 1120. The molecule has 0 aliphatic carbocycles. The normalized spacial score (nSPS) is 23.8. The Morgan fingerprint density at radius 1 is 1.11 bits per heavy atom. The molecule has 0 radical (unpaired) electrons. The van der Waals surface area contributed by atoms with Crippen LogP contribution >= 0.6 is 0 Å². The summed E-state index contributed by atoms with van der Waals surface area (Å²) in [5, 5.41) is 6.68. The monoisotopic (exact) mass is 499 g/mol. The van der Waals surface area contributed by atoms with E-state index in [0.717, 1.165) is 23.8 Å². The van der Waals surface area contributed by atoms with Crippen molar-refractivity contribution in [1.82, 2.24) is 15.5 Å². The molecule has 9 heteroatoms. The van der Waals surface area contributed by atoms with Gasteiger partial charge in [0, 0.05) is 36.7 Å². The number of fused-ring (bicyclic) bond motifs is 1. The van der Waals surface area contributed by atoms with Gasteiger partial charge in [-0.3, -0.25) is 14.4 Å². The zero-order valence-corrected chi connectivity index (χ0v) is 21.6. The first kappa shape index (κ1) is 26.0. The molecule has 2 aromatic rings. The number of carbonyl (C=O) groups is 3. The van der Waals surface area contributed by atoms with Crippen molar-refractivity contribution < 1.29 is 28.3 Å². The van der Waals surface area contributed by atoms with Crippen LogP contribution in [0.2, 0.25) is 0 Å². The number of aryl methyl sites for hydroxylation is 1. The van der Waals surface area contributed by atoms with Crippen LogP contribution < -0.4 is 15.4 Å². The SMILES string of the molecule is COc1ccc2oc(C(=O)N3CCC4(CCCCOC[C@H](C)NC(=O)[C@H](C)NC4=O)CC3)c(C)c2c1. The van der Waals surface area contributed by atoms with Gasteiger partial charge in [-0.05, 0) is 64.7 Å². The molecule has 0 saturated carbocycles. The highest BCUT2D eigenvalue weighted by Gasteiger charge is 2.43. The zero-order valence-electron chi connectivity index (χ0n) is 21.6. The summed E-state index contributed by atoms with van der Waals surface area (Å²) in [6.07, 6.45) is 3.44. The molecule has 196 valence electrons. The number of methoxy groups -OCH3 is 1. The molecular formula is C27H37N3O6. The van der Waals surface area contributed by atoms with Crippen molar-refractivity contribution in [3.8, 4) is 5.75 Å². The van der Waals surface area contributed by atoms with Crippen molar-refractivity contribution in [1.29, 1.82) is 0 Å². The molecule has 1 spiro atoms. The van der Waals surface area contributed by atoms with Gasteiger partial charge < -0.3 is 29.4 Å². The van der Waals surface area contributed by atoms with Gasteiger partial charge in [0.25, 0.3) is 5.91 Å². The predicted molar refractivity (Wildman–Crippen MR) is 135 cm³/mol. The highest BCUT2D eigenvalue weighted by Crippen LogP contribution is 2.38. The van der Waals surface area contributed by atoms with Gasteiger partial charge in [-0.25, -0.2) is 0 Å². The number of hydrogen-bond donors (Lipinski definition) is 2. The van der Waals surface area contributed by atoms with Crippen LogP contribution in [0.25, 0.3) is 11.0 Å². The number of nitrogens with zero attached hydrogens (tertiary/aromatic N) is 1. The molecule has 0 bridgehead atoms. The Morgan fingerprint density at radius 2 is 1.86 bits per heavy atom. The van der Waals surface area contributed by atoms with E-state index in [1.165, 1.54) is 0 Å². The first-order chi connectivity index (χ1) is 17.2. The predicted octanol–water partition coefficient (Wildman–Crippen LogP) is 3.18. The highest BCUT2D eigenvalue weighted by molar-refractivity contribution is 5.99. The van der Waals surface area contributed by atoms with Gasteiger partial charge in [0.15, 0.2) is 5.76 Å². The third kappa shape index (κ3) is 5.36. The topological polar surface area (TPSA) is 110 Å². The summed E-state index contributed by atoms with van der Waals surface area (Å²) in [4.78, 5) is 41.2. The molecule has 9 nitrogen and oxygen atoms in total. The summed E-state index contributed by atoms with van der Waals surface area (Å²) in [7, 11) is 1.60. The summed E-state index contributed by atoms with van der Waals surface area (Å²) in [5.41, 5.74) is 0.799. The maximum Gasteiger partial charge on any atom is 0.289 e. The van der Waals surface area contributed by atoms with Gasteiger partial charge >= 0.3 is 0 Å². The van der Waals surface area contributed by atoms with E-state index in [1.54, 1.807) is 25.0 Å². The minimum absolute atomic E-state index is 0.114. The number of rotatable bonds is 2. The second-order valence-corrected chi connectivity index (χ2v) is 10.1. The molecule has 1 aromatic carbocycles. The second kappa shape index (κ2) is 10.9. The van der Waals surface area contributed by atoms with Crippen molar-refractivity contribution in [2.45, 2.75) is 65.0 Å². The Kier molecular flexibility index (Phi) is 7.88. The molecule has 2 aliphatic rings. The molecule has 3 amide bonds. The van der Waals surface area contributed by atoms with E-state index in [2.05, 4.69) is 10.6 Å². The molecular weight excluding hydrogens is 462 g/mol. The molecule has 2 N–H and O–H groups in total. The minimum atomic E-state index is -0.646. The zero-order chi connectivity index (χ0) is 25.9. The average Bonchev–Trinajstić information content (AvgIpc) is 3.21. The fraction of sp³-hybridized carbons (Fsp3) is 0.593. The number of ether oxygens (including phenoxy) is 2. The van der Waals surface area contributed by atoms with E-state index >= 15 is 0 Å². The number of hydrogen-bond acceptors (Lipinski definition) is 6. The maximum atomic E-state index is 13.5. The molecule has 1 aromatic heterocycles. The summed E-state index contributed by atoms with van der Waals surface area (Å²) < 4.78 is 16.9. The molecule has 3 heterocycles. The van der Waals surface area contributed by atoms with Crippen LogP contribution in [0, 0.1) is 12.3 Å². The number of furan rings is 1. The van der Waals surface area contributed by atoms with Gasteiger partial charge in [-0.15, -0.1) is 0 Å². The van der Waals surface area contributed by atoms with Crippen LogP contribution in [0.4, 0.5) is 0 Å². The second-order valence-electron chi connectivity index (χ2n) is 10.1. The maximum absolute atomic E-state index is 13.5. The van der Waals surface area contributed by atoms with Crippen LogP contribution in [0.1, 0.15) is 62.1 Å². The number of benzene rings is 1. The van der Waals surface area contributed by atoms with Crippen molar-refractivity contribution in [3.05, 3.63) is 29.5 Å². The number of nitrogens with one attached hydrogen (secondary N) is 2. The summed E-state index contributed by atoms with van der Waals surface area (Å²) in [6.45, 7) is 7.39. The van der Waals surface area contributed by atoms with E-state index in [1.807, 2.05) is 26.0 Å². The van der Waals surface area contributed by atoms with Gasteiger partial charge in [-0.2, -0.15) is 0 Å². The third-order valence-electron chi connectivity index (χ3n) is 7.52. The Hall–Kier alpha value is -3.07. The standard InChI is InChI=1S/C27H37N3O6/c1-17-16-35-14-6-5-9-27(26(33)29-19(3)24(31)28-17)10-12-30(13-11-27)25(32)23-18(2)21-15-20(34-4)7-8-22(21)36-23/h7-8,15,17,19H,5-6,9-14,16H2,1-4H3,(H,28,31)(H,29,33)/t17-,19-/m0/s1. The molecule has 2 saturated heterocycles. The van der Waals surface area contributed by atoms with Crippen LogP contribution in [0.5, 0.6) is 5.75 Å². The Labute approximate surface area is 211 Å². The molecule has 0 unspecified atom stereocenters. The summed E-state index contributed by atoms with van der Waals surface area (Å²) in [6, 6.07) is 4.72. The lowest BCUT2D eigenvalue weighted by molar-refractivity contribution is -0.137. The average molecular weight is 500 g/mol. The summed E-state index contributed by atoms with van der Waals surface area (Å²) in [5.74, 6) is 0.524. The lowest BCUT2D eigenvalue weighted by atomic mass is 9.73. The van der Waals surface area contributed by atoms with Crippen molar-refractivity contribution in [3.63, 3.8) is 0 Å². The molecule has 36 heavy (non-hydrogen) atoms. The fourth-order valence-corrected chi connectivity index (χ4v) is 5.16. The van der Waals surface area contributed by atoms with Gasteiger partial charge in [0.2, 0.25) is 11.8 Å². The lowest BCUT2D eigenvalue weighted by Gasteiger charge is -2.41. The van der Waals surface area contributed by atoms with E-state index in [4.69, 9.17) is 13.9 Å². The van der Waals surface area contributed by atoms with Gasteiger partial charge in [-0.1, -0.05) is 6.42 Å². The van der Waals surface area contributed by atoms with Crippen molar-refractivity contribution >= 4 is 28.7 Å². The number of carbonyl (C=O) groups excluding carboxylic acids is 3. The van der Waals surface area contributed by atoms with E-state index in [-0.39, 0.29) is 23.8 Å². The van der Waals surface area contributed by atoms with E-state index in [9.17, 15) is 14.4 Å². The largest absolute Gasteiger partial charge is 0.497 e. The van der Waals surface area contributed by atoms with Crippen LogP contribution in [0.3, 0.4) is 0 Å². The molecule has 2 fully saturated rings. The fourth-order valence-electron chi connectivity index (χ4n) is 5.16.